The SMILES string of the molecule is COCCNCc1cn(C)nc1-c1ccc([N+](=O)[O-])cc1. The highest BCUT2D eigenvalue weighted by Crippen LogP contribution is 2.24. The minimum atomic E-state index is -0.407. The normalized spacial score (nSPS) is 10.8. The Morgan fingerprint density at radius 3 is 2.71 bits per heavy atom. The second-order valence-electron chi connectivity index (χ2n) is 4.65. The number of nitro benzene ring substituents is 1. The first-order valence-electron chi connectivity index (χ1n) is 6.59. The number of hydrogen-bond donors (Lipinski definition) is 1. The Hall–Kier alpha value is -2.25. The number of nitrogens with one attached hydrogen (secondary N) is 1. The van der Waals surface area contributed by atoms with E-state index >= 15 is 0 Å². The molecule has 1 aromatic carbocycles. The maximum Gasteiger partial charge on any atom is 0.269 e. The molecule has 1 aromatic heterocycles. The van der Waals surface area contributed by atoms with Crippen molar-refractivity contribution in [1.82, 2.24) is 15.1 Å². The number of rotatable bonds is 7. The summed E-state index contributed by atoms with van der Waals surface area (Å²) in [5, 5.41) is 18.4. The van der Waals surface area contributed by atoms with E-state index in [9.17, 15) is 10.1 Å². The Labute approximate surface area is 122 Å². The van der Waals surface area contributed by atoms with Crippen LogP contribution in [0, 0.1) is 10.1 Å². The van der Waals surface area contributed by atoms with Crippen molar-refractivity contribution in [3.8, 4) is 11.3 Å². The van der Waals surface area contributed by atoms with Gasteiger partial charge in [0.1, 0.15) is 0 Å². The second kappa shape index (κ2) is 6.96. The number of non-ortho nitro benzene ring substituents is 1. The van der Waals surface area contributed by atoms with Crippen LogP contribution < -0.4 is 5.32 Å². The molecule has 7 nitrogen and oxygen atoms in total. The molecular weight excluding hydrogens is 272 g/mol. The molecule has 0 unspecified atom stereocenters. The van der Waals surface area contributed by atoms with E-state index in [1.807, 2.05) is 13.2 Å². The Kier molecular flexibility index (Phi) is 5.02. The summed E-state index contributed by atoms with van der Waals surface area (Å²) >= 11 is 0. The van der Waals surface area contributed by atoms with Gasteiger partial charge in [0.15, 0.2) is 0 Å². The van der Waals surface area contributed by atoms with E-state index in [1.54, 1.807) is 23.9 Å². The number of nitro groups is 1. The molecule has 2 rings (SSSR count). The topological polar surface area (TPSA) is 82.2 Å². The molecule has 0 aliphatic rings. The summed E-state index contributed by atoms with van der Waals surface area (Å²) in [4.78, 5) is 10.3. The van der Waals surface area contributed by atoms with Gasteiger partial charge in [-0.25, -0.2) is 0 Å². The number of aromatic nitrogens is 2. The molecule has 21 heavy (non-hydrogen) atoms. The molecule has 0 spiro atoms. The Morgan fingerprint density at radius 1 is 1.38 bits per heavy atom. The van der Waals surface area contributed by atoms with Crippen molar-refractivity contribution in [2.24, 2.45) is 7.05 Å². The molecule has 0 radical (unpaired) electrons. The van der Waals surface area contributed by atoms with Gasteiger partial charge in [-0.3, -0.25) is 14.8 Å². The van der Waals surface area contributed by atoms with Gasteiger partial charge in [-0.05, 0) is 12.1 Å². The zero-order valence-corrected chi connectivity index (χ0v) is 12.1. The van der Waals surface area contributed by atoms with Crippen LogP contribution in [0.5, 0.6) is 0 Å². The highest BCUT2D eigenvalue weighted by Gasteiger charge is 2.11. The van der Waals surface area contributed by atoms with Gasteiger partial charge in [0.2, 0.25) is 0 Å². The number of aryl methyl sites for hydroxylation is 1. The largest absolute Gasteiger partial charge is 0.383 e. The third-order valence-electron chi connectivity index (χ3n) is 3.05. The van der Waals surface area contributed by atoms with E-state index < -0.39 is 4.92 Å². The first kappa shape index (κ1) is 15.1. The number of ether oxygens (including phenoxy) is 1. The minimum absolute atomic E-state index is 0.0782. The molecule has 0 aliphatic carbocycles. The van der Waals surface area contributed by atoms with E-state index in [2.05, 4.69) is 10.4 Å². The fraction of sp³-hybridized carbons (Fsp3) is 0.357. The monoisotopic (exact) mass is 290 g/mol. The average molecular weight is 290 g/mol. The van der Waals surface area contributed by atoms with Crippen molar-refractivity contribution in [2.45, 2.75) is 6.54 Å². The molecule has 0 atom stereocenters. The average Bonchev–Trinajstić information content (AvgIpc) is 2.85. The Balaban J connectivity index is 2.16. The first-order chi connectivity index (χ1) is 10.1. The summed E-state index contributed by atoms with van der Waals surface area (Å²) < 4.78 is 6.73. The van der Waals surface area contributed by atoms with Crippen molar-refractivity contribution in [3.63, 3.8) is 0 Å². The summed E-state index contributed by atoms with van der Waals surface area (Å²) in [6.45, 7) is 2.07. The van der Waals surface area contributed by atoms with Crippen LogP contribution in [0.1, 0.15) is 5.56 Å². The summed E-state index contributed by atoms with van der Waals surface area (Å²) in [6.07, 6.45) is 1.94. The third kappa shape index (κ3) is 3.87. The highest BCUT2D eigenvalue weighted by atomic mass is 16.6. The molecule has 2 aromatic rings. The van der Waals surface area contributed by atoms with Gasteiger partial charge in [-0.15, -0.1) is 0 Å². The van der Waals surface area contributed by atoms with Crippen molar-refractivity contribution in [3.05, 3.63) is 46.1 Å². The number of methoxy groups -OCH3 is 1. The zero-order chi connectivity index (χ0) is 15.2. The predicted octanol–water partition coefficient (Wildman–Crippen LogP) is 1.73. The Morgan fingerprint density at radius 2 is 2.10 bits per heavy atom. The van der Waals surface area contributed by atoms with E-state index in [4.69, 9.17) is 4.74 Å². The summed E-state index contributed by atoms with van der Waals surface area (Å²) in [7, 11) is 3.52. The van der Waals surface area contributed by atoms with Crippen LogP contribution in [0.4, 0.5) is 5.69 Å². The molecule has 112 valence electrons. The fourth-order valence-corrected chi connectivity index (χ4v) is 2.05. The lowest BCUT2D eigenvalue weighted by Crippen LogP contribution is -2.18. The molecule has 0 saturated heterocycles. The molecule has 1 heterocycles. The number of benzene rings is 1. The molecule has 0 amide bonds. The lowest BCUT2D eigenvalue weighted by molar-refractivity contribution is -0.384. The minimum Gasteiger partial charge on any atom is -0.383 e. The van der Waals surface area contributed by atoms with Crippen LogP contribution in [0.15, 0.2) is 30.5 Å². The maximum atomic E-state index is 10.7. The van der Waals surface area contributed by atoms with Gasteiger partial charge >= 0.3 is 0 Å². The van der Waals surface area contributed by atoms with Gasteiger partial charge in [0, 0.05) is 56.7 Å². The Bertz CT molecular complexity index is 607. The summed E-state index contributed by atoms with van der Waals surface area (Å²) in [5.74, 6) is 0. The van der Waals surface area contributed by atoms with Gasteiger partial charge in [0.25, 0.3) is 5.69 Å². The zero-order valence-electron chi connectivity index (χ0n) is 12.1. The molecule has 0 bridgehead atoms. The van der Waals surface area contributed by atoms with Gasteiger partial charge in [-0.1, -0.05) is 0 Å². The van der Waals surface area contributed by atoms with E-state index in [0.29, 0.717) is 13.2 Å². The number of nitrogens with zero attached hydrogens (tertiary/aromatic N) is 3. The van der Waals surface area contributed by atoms with Crippen molar-refractivity contribution < 1.29 is 9.66 Å². The smallest absolute Gasteiger partial charge is 0.269 e. The summed E-state index contributed by atoms with van der Waals surface area (Å²) in [6, 6.07) is 6.43. The van der Waals surface area contributed by atoms with E-state index in [0.717, 1.165) is 23.4 Å². The fourth-order valence-electron chi connectivity index (χ4n) is 2.05. The first-order valence-corrected chi connectivity index (χ1v) is 6.59. The quantitative estimate of drug-likeness (QED) is 0.477. The van der Waals surface area contributed by atoms with Crippen molar-refractivity contribution >= 4 is 5.69 Å². The van der Waals surface area contributed by atoms with E-state index in [-0.39, 0.29) is 5.69 Å². The van der Waals surface area contributed by atoms with Crippen LogP contribution in [0.25, 0.3) is 11.3 Å². The van der Waals surface area contributed by atoms with Crippen LogP contribution in [0.2, 0.25) is 0 Å². The predicted molar refractivity (Wildman–Crippen MR) is 78.9 cm³/mol. The van der Waals surface area contributed by atoms with Crippen LogP contribution in [-0.2, 0) is 18.3 Å². The molecule has 1 N–H and O–H groups in total. The van der Waals surface area contributed by atoms with Gasteiger partial charge < -0.3 is 10.1 Å². The van der Waals surface area contributed by atoms with Crippen LogP contribution in [-0.4, -0.2) is 35.0 Å². The summed E-state index contributed by atoms with van der Waals surface area (Å²) in [5.41, 5.74) is 2.82. The van der Waals surface area contributed by atoms with Crippen LogP contribution >= 0.6 is 0 Å². The molecule has 7 heteroatoms. The van der Waals surface area contributed by atoms with Crippen molar-refractivity contribution in [1.29, 1.82) is 0 Å². The molecular formula is C14H18N4O3. The van der Waals surface area contributed by atoms with Gasteiger partial charge in [-0.2, -0.15) is 5.10 Å². The molecule has 0 aliphatic heterocycles. The maximum absolute atomic E-state index is 10.7. The lowest BCUT2D eigenvalue weighted by Gasteiger charge is -2.04. The standard InChI is InChI=1S/C14H18N4O3/c1-17-10-12(9-15-7-8-21-2)14(16-17)11-3-5-13(6-4-11)18(19)20/h3-6,10,15H,7-9H2,1-2H3. The number of hydrogen-bond acceptors (Lipinski definition) is 5. The van der Waals surface area contributed by atoms with E-state index in [1.165, 1.54) is 12.1 Å². The third-order valence-corrected chi connectivity index (χ3v) is 3.05. The van der Waals surface area contributed by atoms with Crippen LogP contribution in [0.3, 0.4) is 0 Å². The lowest BCUT2D eigenvalue weighted by atomic mass is 10.1. The molecule has 0 fully saturated rings. The van der Waals surface area contributed by atoms with Crippen molar-refractivity contribution in [2.75, 3.05) is 20.3 Å². The second-order valence-corrected chi connectivity index (χ2v) is 4.65. The van der Waals surface area contributed by atoms with Gasteiger partial charge in [0.05, 0.1) is 17.2 Å². The highest BCUT2D eigenvalue weighted by molar-refractivity contribution is 5.64. The molecule has 0 saturated carbocycles.